The van der Waals surface area contributed by atoms with Crippen molar-refractivity contribution in [3.05, 3.63) is 0 Å². The molecule has 0 aromatic heterocycles. The Bertz CT molecular complexity index is 409. The van der Waals surface area contributed by atoms with Crippen LogP contribution in [-0.2, 0) is 10.2 Å². The predicted octanol–water partition coefficient (Wildman–Crippen LogP) is 0.371. The first-order valence-corrected chi connectivity index (χ1v) is 7.76. The minimum absolute atomic E-state index is 0.156. The molecular formula is C10H19N3O2S2. The van der Waals surface area contributed by atoms with E-state index < -0.39 is 10.2 Å². The maximum atomic E-state index is 12.0. The van der Waals surface area contributed by atoms with E-state index in [-0.39, 0.29) is 11.5 Å². The fourth-order valence-corrected chi connectivity index (χ4v) is 3.63. The largest absolute Gasteiger partial charge is 0.393 e. The highest BCUT2D eigenvalue weighted by Crippen LogP contribution is 2.32. The van der Waals surface area contributed by atoms with Crippen molar-refractivity contribution in [2.75, 3.05) is 13.1 Å². The third kappa shape index (κ3) is 2.96. The van der Waals surface area contributed by atoms with Crippen LogP contribution < -0.4 is 10.5 Å². The van der Waals surface area contributed by atoms with Gasteiger partial charge in [0, 0.05) is 24.5 Å². The number of piperidine rings is 1. The summed E-state index contributed by atoms with van der Waals surface area (Å²) in [5.74, 6) is 0. The maximum Gasteiger partial charge on any atom is 0.279 e. The number of hydrogen-bond donors (Lipinski definition) is 2. The van der Waals surface area contributed by atoms with Crippen LogP contribution in [0.4, 0.5) is 0 Å². The van der Waals surface area contributed by atoms with Crippen LogP contribution in [0.5, 0.6) is 0 Å². The number of nitrogens with two attached hydrogens (primary N) is 1. The topological polar surface area (TPSA) is 75.4 Å². The fraction of sp³-hybridized carbons (Fsp3) is 0.900. The van der Waals surface area contributed by atoms with Crippen molar-refractivity contribution in [2.24, 2.45) is 11.1 Å². The van der Waals surface area contributed by atoms with Crippen LogP contribution in [-0.4, -0.2) is 36.8 Å². The van der Waals surface area contributed by atoms with E-state index in [1.54, 1.807) is 0 Å². The molecular weight excluding hydrogens is 258 g/mol. The standard InChI is InChI=1S/C10H19N3O2S2/c1-10(9(11)16)4-6-13(7-5-10)17(14,15)12-8-2-3-8/h8,12H,2-7H2,1H3,(H2,11,16). The lowest BCUT2D eigenvalue weighted by molar-refractivity contribution is 0.242. The summed E-state index contributed by atoms with van der Waals surface area (Å²) in [4.78, 5) is 0.490. The highest BCUT2D eigenvalue weighted by Gasteiger charge is 2.38. The van der Waals surface area contributed by atoms with Gasteiger partial charge in [-0.25, -0.2) is 0 Å². The molecule has 0 radical (unpaired) electrons. The summed E-state index contributed by atoms with van der Waals surface area (Å²) in [5.41, 5.74) is 5.50. The number of thiocarbonyl (C=S) groups is 1. The van der Waals surface area contributed by atoms with Gasteiger partial charge < -0.3 is 5.73 Å². The Labute approximate surface area is 108 Å². The molecule has 0 aromatic rings. The summed E-state index contributed by atoms with van der Waals surface area (Å²) in [6.07, 6.45) is 3.32. The van der Waals surface area contributed by atoms with Gasteiger partial charge in [0.15, 0.2) is 0 Å². The number of nitrogens with one attached hydrogen (secondary N) is 1. The maximum absolute atomic E-state index is 12.0. The minimum Gasteiger partial charge on any atom is -0.393 e. The smallest absolute Gasteiger partial charge is 0.279 e. The second-order valence-corrected chi connectivity index (χ2v) is 7.36. The molecule has 0 amide bonds. The van der Waals surface area contributed by atoms with Gasteiger partial charge in [-0.3, -0.25) is 0 Å². The van der Waals surface area contributed by atoms with Crippen LogP contribution in [0.1, 0.15) is 32.6 Å². The van der Waals surface area contributed by atoms with Crippen molar-refractivity contribution >= 4 is 27.4 Å². The lowest BCUT2D eigenvalue weighted by Gasteiger charge is -2.37. The van der Waals surface area contributed by atoms with Crippen molar-refractivity contribution in [1.29, 1.82) is 0 Å². The Morgan fingerprint density at radius 3 is 2.35 bits per heavy atom. The van der Waals surface area contributed by atoms with Gasteiger partial charge in [-0.2, -0.15) is 17.4 Å². The zero-order chi connectivity index (χ0) is 12.7. The van der Waals surface area contributed by atoms with Gasteiger partial charge in [0.2, 0.25) is 0 Å². The number of nitrogens with zero attached hydrogens (tertiary/aromatic N) is 1. The van der Waals surface area contributed by atoms with Crippen LogP contribution in [0.2, 0.25) is 0 Å². The molecule has 17 heavy (non-hydrogen) atoms. The van der Waals surface area contributed by atoms with Crippen molar-refractivity contribution in [1.82, 2.24) is 9.03 Å². The zero-order valence-electron chi connectivity index (χ0n) is 9.98. The number of hydrogen-bond acceptors (Lipinski definition) is 3. The molecule has 0 bridgehead atoms. The Balaban J connectivity index is 1.96. The van der Waals surface area contributed by atoms with Gasteiger partial charge in [-0.05, 0) is 25.7 Å². The third-order valence-electron chi connectivity index (χ3n) is 3.65. The Kier molecular flexibility index (Phi) is 3.46. The molecule has 1 aliphatic heterocycles. The normalized spacial score (nSPS) is 25.7. The molecule has 1 aliphatic carbocycles. The lowest BCUT2D eigenvalue weighted by Crippen LogP contribution is -2.50. The average Bonchev–Trinajstić information content (AvgIpc) is 3.01. The quantitative estimate of drug-likeness (QED) is 0.728. The van der Waals surface area contributed by atoms with E-state index in [1.165, 1.54) is 4.31 Å². The Morgan fingerprint density at radius 1 is 1.41 bits per heavy atom. The summed E-state index contributed by atoms with van der Waals surface area (Å²) < 4.78 is 28.1. The van der Waals surface area contributed by atoms with Crippen molar-refractivity contribution in [3.8, 4) is 0 Å². The van der Waals surface area contributed by atoms with Crippen molar-refractivity contribution in [3.63, 3.8) is 0 Å². The summed E-state index contributed by atoms with van der Waals surface area (Å²) in [5, 5.41) is 0. The lowest BCUT2D eigenvalue weighted by atomic mass is 9.81. The van der Waals surface area contributed by atoms with E-state index >= 15 is 0 Å². The zero-order valence-corrected chi connectivity index (χ0v) is 11.6. The molecule has 3 N–H and O–H groups in total. The molecule has 1 saturated carbocycles. The SMILES string of the molecule is CC1(C(N)=S)CCN(S(=O)(=O)NC2CC2)CC1. The molecule has 5 nitrogen and oxygen atoms in total. The van der Waals surface area contributed by atoms with Crippen LogP contribution in [0.25, 0.3) is 0 Å². The van der Waals surface area contributed by atoms with E-state index in [0.717, 1.165) is 12.8 Å². The van der Waals surface area contributed by atoms with Gasteiger partial charge in [-0.15, -0.1) is 0 Å². The molecule has 2 rings (SSSR count). The summed E-state index contributed by atoms with van der Waals surface area (Å²) in [6.45, 7) is 3.00. The van der Waals surface area contributed by atoms with Gasteiger partial charge in [0.1, 0.15) is 0 Å². The average molecular weight is 277 g/mol. The monoisotopic (exact) mass is 277 g/mol. The van der Waals surface area contributed by atoms with Crippen molar-refractivity contribution < 1.29 is 8.42 Å². The second kappa shape index (κ2) is 4.46. The number of rotatable bonds is 4. The third-order valence-corrected chi connectivity index (χ3v) is 5.82. The van der Waals surface area contributed by atoms with E-state index in [2.05, 4.69) is 4.72 Å². The molecule has 98 valence electrons. The van der Waals surface area contributed by atoms with Crippen molar-refractivity contribution in [2.45, 2.75) is 38.6 Å². The molecule has 7 heteroatoms. The van der Waals surface area contributed by atoms with Crippen LogP contribution in [0.15, 0.2) is 0 Å². The molecule has 0 aromatic carbocycles. The predicted molar refractivity (Wildman–Crippen MR) is 70.8 cm³/mol. The van der Waals surface area contributed by atoms with E-state index in [1.807, 2.05) is 6.92 Å². The molecule has 0 atom stereocenters. The first-order chi connectivity index (χ1) is 7.83. The highest BCUT2D eigenvalue weighted by atomic mass is 32.2. The summed E-state index contributed by atoms with van der Waals surface area (Å²) in [6, 6.07) is 0.156. The van der Waals surface area contributed by atoms with E-state index in [9.17, 15) is 8.42 Å². The first kappa shape index (κ1) is 13.2. The summed E-state index contributed by atoms with van der Waals surface area (Å²) in [7, 11) is -3.30. The second-order valence-electron chi connectivity index (χ2n) is 5.22. The minimum atomic E-state index is -3.30. The van der Waals surface area contributed by atoms with Gasteiger partial charge in [0.05, 0.1) is 4.99 Å². The van der Waals surface area contributed by atoms with Crippen LogP contribution in [0.3, 0.4) is 0 Å². The van der Waals surface area contributed by atoms with E-state index in [0.29, 0.717) is 30.9 Å². The summed E-state index contributed by atoms with van der Waals surface area (Å²) >= 11 is 5.04. The van der Waals surface area contributed by atoms with Gasteiger partial charge >= 0.3 is 0 Å². The van der Waals surface area contributed by atoms with E-state index in [4.69, 9.17) is 18.0 Å². The highest BCUT2D eigenvalue weighted by molar-refractivity contribution is 7.87. The molecule has 2 aliphatic rings. The first-order valence-electron chi connectivity index (χ1n) is 5.91. The fourth-order valence-electron chi connectivity index (χ4n) is 1.95. The molecule has 1 heterocycles. The van der Waals surface area contributed by atoms with Gasteiger partial charge in [-0.1, -0.05) is 19.1 Å². The molecule has 1 saturated heterocycles. The molecule has 0 spiro atoms. The van der Waals surface area contributed by atoms with Gasteiger partial charge in [0.25, 0.3) is 10.2 Å². The van der Waals surface area contributed by atoms with Crippen LogP contribution in [0, 0.1) is 5.41 Å². The Hall–Kier alpha value is -0.240. The Morgan fingerprint density at radius 2 is 1.94 bits per heavy atom. The molecule has 2 fully saturated rings. The van der Waals surface area contributed by atoms with Crippen LogP contribution >= 0.6 is 12.2 Å². The molecule has 0 unspecified atom stereocenters.